The number of carbonyl (C=O) groups is 4. The number of Topliss-reactive ketones (excluding diaryl/α,β-unsaturated/α-hetero) is 1. The van der Waals surface area contributed by atoms with Gasteiger partial charge in [-0.2, -0.15) is 0 Å². The summed E-state index contributed by atoms with van der Waals surface area (Å²) in [5.41, 5.74) is -2.86. The Morgan fingerprint density at radius 3 is 2.26 bits per heavy atom. The lowest BCUT2D eigenvalue weighted by molar-refractivity contribution is -0.157. The normalized spacial score (nSPS) is 46.4. The molecule has 1 saturated heterocycles. The van der Waals surface area contributed by atoms with Gasteiger partial charge in [0.15, 0.2) is 17.0 Å². The fraction of sp³-hybridized carbons (Fsp3) is 0.724. The summed E-state index contributed by atoms with van der Waals surface area (Å²) in [6.07, 6.45) is -1.01. The average Bonchev–Trinajstić information content (AvgIpc) is 3.69. The molecule has 0 amide bonds. The van der Waals surface area contributed by atoms with Crippen LogP contribution in [0.2, 0.25) is 0 Å². The molecule has 4 aliphatic rings. The third kappa shape index (κ3) is 4.44. The van der Waals surface area contributed by atoms with Gasteiger partial charge in [-0.1, -0.05) is 26.8 Å². The molecule has 4 rings (SSSR count). The van der Waals surface area contributed by atoms with Crippen LogP contribution < -0.4 is 0 Å². The van der Waals surface area contributed by atoms with Gasteiger partial charge >= 0.3 is 17.9 Å². The monoisotopic (exact) mass is 548 g/mol. The summed E-state index contributed by atoms with van der Waals surface area (Å²) in [6.45, 7) is 12.6. The van der Waals surface area contributed by atoms with E-state index in [1.165, 1.54) is 13.8 Å². The Kier molecular flexibility index (Phi) is 7.41. The minimum atomic E-state index is -1.34. The summed E-state index contributed by atoms with van der Waals surface area (Å²) in [4.78, 5) is 51.2. The fourth-order valence-electron chi connectivity index (χ4n) is 7.12. The molecule has 3 aliphatic carbocycles. The van der Waals surface area contributed by atoms with E-state index in [1.807, 2.05) is 6.92 Å². The van der Waals surface area contributed by atoms with E-state index in [1.54, 1.807) is 46.8 Å². The predicted molar refractivity (Wildman–Crippen MR) is 137 cm³/mol. The molecular formula is C29H40O10. The second-order valence-electron chi connectivity index (χ2n) is 12.1. The molecule has 2 saturated carbocycles. The largest absolute Gasteiger partial charge is 0.465 e. The average molecular weight is 549 g/mol. The first-order valence-electron chi connectivity index (χ1n) is 13.5. The Labute approximate surface area is 228 Å². The summed E-state index contributed by atoms with van der Waals surface area (Å²) >= 11 is 0. The summed E-state index contributed by atoms with van der Waals surface area (Å²) in [5.74, 6) is -4.43. The van der Waals surface area contributed by atoms with Gasteiger partial charge in [-0.05, 0) is 44.8 Å². The molecule has 0 radical (unpaired) electrons. The molecule has 1 heterocycles. The van der Waals surface area contributed by atoms with Crippen LogP contribution in [0.25, 0.3) is 0 Å². The van der Waals surface area contributed by atoms with Crippen LogP contribution in [0, 0.1) is 29.1 Å². The van der Waals surface area contributed by atoms with Crippen LogP contribution in [0.1, 0.15) is 61.8 Å². The first-order chi connectivity index (χ1) is 18.1. The predicted octanol–water partition coefficient (Wildman–Crippen LogP) is 2.05. The minimum absolute atomic E-state index is 0.0935. The van der Waals surface area contributed by atoms with E-state index in [4.69, 9.17) is 18.9 Å². The number of ether oxygens (including phenoxy) is 4. The maximum atomic E-state index is 14.1. The quantitative estimate of drug-likeness (QED) is 0.172. The molecule has 0 aromatic heterocycles. The first-order valence-corrected chi connectivity index (χ1v) is 13.5. The van der Waals surface area contributed by atoms with Crippen molar-refractivity contribution >= 4 is 23.7 Å². The van der Waals surface area contributed by atoms with Crippen molar-refractivity contribution < 1.29 is 48.3 Å². The highest BCUT2D eigenvalue weighted by Gasteiger charge is 2.83. The fourth-order valence-corrected chi connectivity index (χ4v) is 7.12. The zero-order chi connectivity index (χ0) is 29.2. The summed E-state index contributed by atoms with van der Waals surface area (Å²) < 4.78 is 23.1. The van der Waals surface area contributed by atoms with Gasteiger partial charge in [0.05, 0.1) is 18.6 Å². The van der Waals surface area contributed by atoms with Crippen molar-refractivity contribution in [3.8, 4) is 0 Å². The van der Waals surface area contributed by atoms with Crippen molar-refractivity contribution in [2.24, 2.45) is 29.1 Å². The molecule has 10 nitrogen and oxygen atoms in total. The van der Waals surface area contributed by atoms with E-state index in [-0.39, 0.29) is 24.7 Å². The van der Waals surface area contributed by atoms with Crippen molar-refractivity contribution in [1.29, 1.82) is 0 Å². The number of allylic oxidation sites excluding steroid dienone is 1. The standard InChI is InChI=1S/C29H40O10/c1-9-13(2)26(35)38-23-20-19(27(20,8)12-36-17(6)30)22(37-18(7)31)16(5)25(34)29-11-15(4)24(33)28(29,39-29)10-14(3)21(23)32/h9-10,15-16,19-24,32-33H,11-12H2,1-8H3/b13-9+,14-10+/t15-,16+,19-,20+,21+,22-,23?,24-,27?,28-,29-/m0/s1. The third-order valence-electron chi connectivity index (χ3n) is 9.44. The number of hydrogen-bond acceptors (Lipinski definition) is 10. The van der Waals surface area contributed by atoms with Gasteiger partial charge in [-0.15, -0.1) is 0 Å². The molecule has 2 N–H and O–H groups in total. The number of aliphatic hydroxyl groups excluding tert-OH is 2. The van der Waals surface area contributed by atoms with Crippen LogP contribution in [0.3, 0.4) is 0 Å². The van der Waals surface area contributed by atoms with Crippen LogP contribution in [-0.4, -0.2) is 76.1 Å². The zero-order valence-electron chi connectivity index (χ0n) is 23.8. The van der Waals surface area contributed by atoms with Crippen molar-refractivity contribution in [2.75, 3.05) is 6.61 Å². The SMILES string of the molecule is C/C=C(\C)C(=O)OC1[C@H](O)/C(C)=C/[C@@]23O[C@@]2(C[C@H](C)[C@@H]3O)C(=O)[C@H](C)[C@H](OC(C)=O)[C@@H]2[C@H]1C2(C)COC(C)=O. The molecule has 2 unspecified atom stereocenters. The maximum absolute atomic E-state index is 14.1. The van der Waals surface area contributed by atoms with Crippen molar-refractivity contribution in [2.45, 2.75) is 97.4 Å². The number of carbonyl (C=O) groups excluding carboxylic acids is 4. The Morgan fingerprint density at radius 2 is 1.69 bits per heavy atom. The van der Waals surface area contributed by atoms with Gasteiger partial charge in [-0.3, -0.25) is 14.4 Å². The molecule has 0 aromatic carbocycles. The number of aliphatic hydroxyl groups is 2. The molecule has 3 fully saturated rings. The highest BCUT2D eigenvalue weighted by Crippen LogP contribution is 2.68. The van der Waals surface area contributed by atoms with E-state index < -0.39 is 76.7 Å². The smallest absolute Gasteiger partial charge is 0.333 e. The zero-order valence-corrected chi connectivity index (χ0v) is 23.8. The summed E-state index contributed by atoms with van der Waals surface area (Å²) in [6, 6.07) is 0. The van der Waals surface area contributed by atoms with E-state index in [0.717, 1.165) is 0 Å². The second kappa shape index (κ2) is 9.82. The highest BCUT2D eigenvalue weighted by atomic mass is 16.7. The molecular weight excluding hydrogens is 508 g/mol. The van der Waals surface area contributed by atoms with Gasteiger partial charge in [0.1, 0.15) is 18.3 Å². The molecule has 39 heavy (non-hydrogen) atoms. The van der Waals surface area contributed by atoms with Gasteiger partial charge in [0, 0.05) is 36.7 Å². The minimum Gasteiger partial charge on any atom is -0.465 e. The molecule has 1 aliphatic heterocycles. The second-order valence-corrected chi connectivity index (χ2v) is 12.1. The topological polar surface area (TPSA) is 149 Å². The molecule has 216 valence electrons. The van der Waals surface area contributed by atoms with E-state index in [0.29, 0.717) is 11.1 Å². The van der Waals surface area contributed by atoms with Crippen LogP contribution in [0.5, 0.6) is 0 Å². The third-order valence-corrected chi connectivity index (χ3v) is 9.44. The molecule has 0 spiro atoms. The van der Waals surface area contributed by atoms with Crippen LogP contribution in [-0.2, 0) is 38.1 Å². The number of hydrogen-bond donors (Lipinski definition) is 2. The number of ketones is 1. The Hall–Kier alpha value is -2.56. The lowest BCUT2D eigenvalue weighted by atomic mass is 9.80. The Morgan fingerprint density at radius 1 is 1.08 bits per heavy atom. The van der Waals surface area contributed by atoms with Gasteiger partial charge < -0.3 is 29.2 Å². The van der Waals surface area contributed by atoms with Gasteiger partial charge in [-0.25, -0.2) is 4.79 Å². The number of rotatable bonds is 5. The van der Waals surface area contributed by atoms with E-state index in [2.05, 4.69) is 0 Å². The van der Waals surface area contributed by atoms with Gasteiger partial charge in [0.25, 0.3) is 0 Å². The number of epoxide rings is 1. The molecule has 0 bridgehead atoms. The lowest BCUT2D eigenvalue weighted by Crippen LogP contribution is -2.43. The van der Waals surface area contributed by atoms with Gasteiger partial charge in [0.2, 0.25) is 0 Å². The van der Waals surface area contributed by atoms with Crippen LogP contribution in [0.15, 0.2) is 23.3 Å². The van der Waals surface area contributed by atoms with E-state index >= 15 is 0 Å². The summed E-state index contributed by atoms with van der Waals surface area (Å²) in [7, 11) is 0. The van der Waals surface area contributed by atoms with Crippen molar-refractivity contribution in [1.82, 2.24) is 0 Å². The van der Waals surface area contributed by atoms with Crippen LogP contribution in [0.4, 0.5) is 0 Å². The first kappa shape index (κ1) is 29.4. The number of fused-ring (bicyclic) bond motifs is 1. The van der Waals surface area contributed by atoms with Crippen molar-refractivity contribution in [3.05, 3.63) is 23.3 Å². The molecule has 10 heteroatoms. The highest BCUT2D eigenvalue weighted by molar-refractivity contribution is 5.96. The maximum Gasteiger partial charge on any atom is 0.333 e. The number of esters is 3. The van der Waals surface area contributed by atoms with E-state index in [9.17, 15) is 29.4 Å². The summed E-state index contributed by atoms with van der Waals surface area (Å²) in [5, 5.41) is 22.8. The molecule has 11 atom stereocenters. The lowest BCUT2D eigenvalue weighted by Gasteiger charge is -2.28. The van der Waals surface area contributed by atoms with Crippen molar-refractivity contribution in [3.63, 3.8) is 0 Å². The van der Waals surface area contributed by atoms with Crippen LogP contribution >= 0.6 is 0 Å². The Balaban J connectivity index is 1.88. The molecule has 0 aromatic rings. The Bertz CT molecular complexity index is 1140.